The molecule has 4 nitrogen and oxygen atoms in total. The molecule has 0 spiro atoms. The summed E-state index contributed by atoms with van der Waals surface area (Å²) in [6.45, 7) is 0. The third-order valence-corrected chi connectivity index (χ3v) is 3.90. The quantitative estimate of drug-likeness (QED) is 0.560. The van der Waals surface area contributed by atoms with Gasteiger partial charge in [-0.1, -0.05) is 35.9 Å². The van der Waals surface area contributed by atoms with Gasteiger partial charge in [0.1, 0.15) is 0 Å². The molecule has 23 heavy (non-hydrogen) atoms. The number of hydrogen-bond donors (Lipinski definition) is 1. The predicted molar refractivity (Wildman–Crippen MR) is 93.3 cm³/mol. The van der Waals surface area contributed by atoms with E-state index in [4.69, 9.17) is 22.4 Å². The molecule has 5 heteroatoms. The molecule has 0 aliphatic heterocycles. The van der Waals surface area contributed by atoms with Crippen LogP contribution in [-0.2, 0) is 0 Å². The summed E-state index contributed by atoms with van der Waals surface area (Å²) in [6, 6.07) is 19.2. The summed E-state index contributed by atoms with van der Waals surface area (Å²) in [5.41, 5.74) is 11.0. The Hall–Kier alpha value is -2.85. The van der Waals surface area contributed by atoms with E-state index in [0.717, 1.165) is 28.2 Å². The Labute approximate surface area is 138 Å². The van der Waals surface area contributed by atoms with E-state index >= 15 is 0 Å². The van der Waals surface area contributed by atoms with Crippen LogP contribution in [0.5, 0.6) is 0 Å². The molecule has 0 fully saturated rings. The first-order chi connectivity index (χ1) is 11.2. The molecular weight excluding hydrogens is 308 g/mol. The first kappa shape index (κ1) is 13.8. The van der Waals surface area contributed by atoms with E-state index in [0.29, 0.717) is 10.7 Å². The van der Waals surface area contributed by atoms with E-state index in [1.165, 1.54) is 0 Å². The van der Waals surface area contributed by atoms with Crippen LogP contribution in [0.2, 0.25) is 5.02 Å². The Balaban J connectivity index is 1.90. The highest BCUT2D eigenvalue weighted by Crippen LogP contribution is 2.25. The zero-order valence-corrected chi connectivity index (χ0v) is 12.9. The monoisotopic (exact) mass is 320 g/mol. The lowest BCUT2D eigenvalue weighted by atomic mass is 10.1. The fourth-order valence-corrected chi connectivity index (χ4v) is 2.76. The van der Waals surface area contributed by atoms with Gasteiger partial charge in [-0.05, 0) is 36.4 Å². The Kier molecular flexibility index (Phi) is 3.24. The lowest BCUT2D eigenvalue weighted by molar-refractivity contribution is 0.949. The summed E-state index contributed by atoms with van der Waals surface area (Å²) >= 11 is 6.09. The highest BCUT2D eigenvalue weighted by atomic mass is 35.5. The maximum atomic E-state index is 6.09. The number of aromatic nitrogens is 3. The summed E-state index contributed by atoms with van der Waals surface area (Å²) in [5.74, 6) is 0. The van der Waals surface area contributed by atoms with Crippen molar-refractivity contribution >= 4 is 22.9 Å². The Morgan fingerprint density at radius 1 is 0.913 bits per heavy atom. The van der Waals surface area contributed by atoms with Crippen LogP contribution in [-0.4, -0.2) is 14.6 Å². The van der Waals surface area contributed by atoms with Gasteiger partial charge >= 0.3 is 0 Å². The van der Waals surface area contributed by atoms with Gasteiger partial charge in [0.15, 0.2) is 5.65 Å². The van der Waals surface area contributed by atoms with E-state index in [1.807, 2.05) is 65.2 Å². The highest BCUT2D eigenvalue weighted by molar-refractivity contribution is 6.30. The van der Waals surface area contributed by atoms with Crippen LogP contribution in [0.25, 0.3) is 28.2 Å². The molecule has 112 valence electrons. The van der Waals surface area contributed by atoms with Crippen molar-refractivity contribution in [3.63, 3.8) is 0 Å². The molecule has 0 aliphatic carbocycles. The molecule has 4 rings (SSSR count). The first-order valence-electron chi connectivity index (χ1n) is 7.17. The maximum Gasteiger partial charge on any atom is 0.154 e. The summed E-state index contributed by atoms with van der Waals surface area (Å²) in [6.07, 6.45) is 1.80. The third kappa shape index (κ3) is 2.53. The van der Waals surface area contributed by atoms with Crippen LogP contribution in [0, 0.1) is 0 Å². The minimum Gasteiger partial charge on any atom is -0.399 e. The van der Waals surface area contributed by atoms with Gasteiger partial charge in [0.05, 0.1) is 17.6 Å². The van der Waals surface area contributed by atoms with Gasteiger partial charge < -0.3 is 5.73 Å². The number of imidazole rings is 1. The van der Waals surface area contributed by atoms with Gasteiger partial charge in [-0.25, -0.2) is 9.50 Å². The van der Waals surface area contributed by atoms with Crippen LogP contribution in [0.15, 0.2) is 66.9 Å². The van der Waals surface area contributed by atoms with Gasteiger partial charge in [0.2, 0.25) is 0 Å². The molecule has 2 aromatic carbocycles. The van der Waals surface area contributed by atoms with Crippen molar-refractivity contribution < 1.29 is 0 Å². The SMILES string of the molecule is Nc1cccc(-c2ccc3ncc(-c4cccc(Cl)c4)n3n2)c1. The van der Waals surface area contributed by atoms with Gasteiger partial charge in [0, 0.05) is 21.8 Å². The van der Waals surface area contributed by atoms with Crippen LogP contribution in [0.3, 0.4) is 0 Å². The van der Waals surface area contributed by atoms with E-state index in [-0.39, 0.29) is 0 Å². The lowest BCUT2D eigenvalue weighted by Crippen LogP contribution is -1.97. The molecular formula is C18H13ClN4. The summed E-state index contributed by atoms with van der Waals surface area (Å²) in [4.78, 5) is 4.41. The van der Waals surface area contributed by atoms with Crippen LogP contribution >= 0.6 is 11.6 Å². The second-order valence-corrected chi connectivity index (χ2v) is 5.70. The average molecular weight is 321 g/mol. The van der Waals surface area contributed by atoms with Gasteiger partial charge in [-0.15, -0.1) is 0 Å². The van der Waals surface area contributed by atoms with Gasteiger partial charge in [-0.2, -0.15) is 5.10 Å². The smallest absolute Gasteiger partial charge is 0.154 e. The number of hydrogen-bond acceptors (Lipinski definition) is 3. The number of nitrogens with two attached hydrogens (primary N) is 1. The summed E-state index contributed by atoms with van der Waals surface area (Å²) < 4.78 is 1.82. The Bertz CT molecular complexity index is 1010. The number of rotatable bonds is 2. The van der Waals surface area contributed by atoms with Crippen molar-refractivity contribution in [2.24, 2.45) is 0 Å². The molecule has 0 atom stereocenters. The normalized spacial score (nSPS) is 11.0. The number of fused-ring (bicyclic) bond motifs is 1. The Morgan fingerprint density at radius 3 is 2.57 bits per heavy atom. The molecule has 2 N–H and O–H groups in total. The molecule has 0 amide bonds. The zero-order valence-electron chi connectivity index (χ0n) is 12.1. The van der Waals surface area contributed by atoms with E-state index in [9.17, 15) is 0 Å². The van der Waals surface area contributed by atoms with Gasteiger partial charge in [-0.3, -0.25) is 0 Å². The number of halogens is 1. The minimum absolute atomic E-state index is 0.685. The van der Waals surface area contributed by atoms with Crippen LogP contribution in [0.1, 0.15) is 0 Å². The van der Waals surface area contributed by atoms with Crippen LogP contribution in [0.4, 0.5) is 5.69 Å². The molecule has 2 aromatic heterocycles. The van der Waals surface area contributed by atoms with Crippen molar-refractivity contribution in [1.82, 2.24) is 14.6 Å². The number of anilines is 1. The molecule has 0 aliphatic rings. The van der Waals surface area contributed by atoms with Crippen molar-refractivity contribution in [2.45, 2.75) is 0 Å². The Morgan fingerprint density at radius 2 is 1.74 bits per heavy atom. The fourth-order valence-electron chi connectivity index (χ4n) is 2.57. The zero-order chi connectivity index (χ0) is 15.8. The largest absolute Gasteiger partial charge is 0.399 e. The van der Waals surface area contributed by atoms with Crippen molar-refractivity contribution in [3.05, 3.63) is 71.9 Å². The van der Waals surface area contributed by atoms with E-state index in [2.05, 4.69) is 4.98 Å². The van der Waals surface area contributed by atoms with E-state index < -0.39 is 0 Å². The van der Waals surface area contributed by atoms with Crippen molar-refractivity contribution in [1.29, 1.82) is 0 Å². The number of benzene rings is 2. The molecule has 0 unspecified atom stereocenters. The molecule has 4 aromatic rings. The second kappa shape index (κ2) is 5.41. The topological polar surface area (TPSA) is 56.2 Å². The van der Waals surface area contributed by atoms with Crippen LogP contribution < -0.4 is 5.73 Å². The molecule has 0 bridgehead atoms. The maximum absolute atomic E-state index is 6.09. The standard InChI is InChI=1S/C18H13ClN4/c19-14-5-1-4-13(9-14)17-11-21-18-8-7-16(22-23(17)18)12-3-2-6-15(20)10-12/h1-11H,20H2. The summed E-state index contributed by atoms with van der Waals surface area (Å²) in [5, 5.41) is 5.39. The number of nitrogens with zero attached hydrogens (tertiary/aromatic N) is 3. The lowest BCUT2D eigenvalue weighted by Gasteiger charge is -2.05. The molecule has 0 saturated carbocycles. The highest BCUT2D eigenvalue weighted by Gasteiger charge is 2.09. The predicted octanol–water partition coefficient (Wildman–Crippen LogP) is 4.30. The molecule has 0 radical (unpaired) electrons. The first-order valence-corrected chi connectivity index (χ1v) is 7.55. The third-order valence-electron chi connectivity index (χ3n) is 3.67. The number of nitrogen functional groups attached to an aromatic ring is 1. The van der Waals surface area contributed by atoms with E-state index in [1.54, 1.807) is 6.20 Å². The molecule has 2 heterocycles. The molecule has 0 saturated heterocycles. The fraction of sp³-hybridized carbons (Fsp3) is 0. The average Bonchev–Trinajstić information content (AvgIpc) is 2.98. The van der Waals surface area contributed by atoms with Gasteiger partial charge in [0.25, 0.3) is 0 Å². The van der Waals surface area contributed by atoms with Crippen molar-refractivity contribution in [2.75, 3.05) is 5.73 Å². The van der Waals surface area contributed by atoms with Crippen molar-refractivity contribution in [3.8, 4) is 22.5 Å². The minimum atomic E-state index is 0.685. The second-order valence-electron chi connectivity index (χ2n) is 5.27. The summed E-state index contributed by atoms with van der Waals surface area (Å²) in [7, 11) is 0.